The summed E-state index contributed by atoms with van der Waals surface area (Å²) in [5.74, 6) is 0.149. The van der Waals surface area contributed by atoms with Crippen molar-refractivity contribution >= 4 is 5.91 Å². The fourth-order valence-electron chi connectivity index (χ4n) is 4.76. The number of carbonyl (C=O) groups excluding carboxylic acids is 1. The maximum absolute atomic E-state index is 15.2. The minimum absolute atomic E-state index is 0.0389. The topological polar surface area (TPSA) is 92.6 Å². The number of amides is 1. The molecule has 0 aromatic heterocycles. The molecule has 34 heavy (non-hydrogen) atoms. The van der Waals surface area contributed by atoms with Gasteiger partial charge < -0.3 is 24.8 Å². The van der Waals surface area contributed by atoms with Gasteiger partial charge in [0, 0.05) is 37.7 Å². The highest BCUT2D eigenvalue weighted by Gasteiger charge is 2.26. The summed E-state index contributed by atoms with van der Waals surface area (Å²) < 4.78 is 32.2. The number of benzene rings is 2. The van der Waals surface area contributed by atoms with Crippen LogP contribution in [-0.2, 0) is 27.3 Å². The molecule has 2 fully saturated rings. The van der Waals surface area contributed by atoms with Gasteiger partial charge in [0.25, 0.3) is 5.91 Å². The molecule has 8 heteroatoms. The number of nitrogens with zero attached hydrogens (tertiary/aromatic N) is 1. The third-order valence-corrected chi connectivity index (χ3v) is 6.69. The van der Waals surface area contributed by atoms with Crippen molar-refractivity contribution in [2.24, 2.45) is 0 Å². The Morgan fingerprint density at radius 3 is 3.00 bits per heavy atom. The highest BCUT2D eigenvalue weighted by atomic mass is 19.1. The fourth-order valence-corrected chi connectivity index (χ4v) is 4.76. The van der Waals surface area contributed by atoms with E-state index in [2.05, 4.69) is 28.8 Å². The van der Waals surface area contributed by atoms with Gasteiger partial charge in [0.15, 0.2) is 0 Å². The van der Waals surface area contributed by atoms with Crippen LogP contribution in [-0.4, -0.2) is 51.0 Å². The van der Waals surface area contributed by atoms with Gasteiger partial charge in [-0.25, -0.2) is 4.39 Å². The zero-order valence-corrected chi connectivity index (χ0v) is 18.9. The van der Waals surface area contributed by atoms with E-state index in [0.29, 0.717) is 49.2 Å². The predicted molar refractivity (Wildman–Crippen MR) is 123 cm³/mol. The van der Waals surface area contributed by atoms with Crippen molar-refractivity contribution in [3.05, 3.63) is 52.8 Å². The first-order valence-corrected chi connectivity index (χ1v) is 11.8. The largest absolute Gasteiger partial charge is 0.488 e. The van der Waals surface area contributed by atoms with Crippen molar-refractivity contribution in [3.63, 3.8) is 0 Å². The molecule has 2 aromatic rings. The Morgan fingerprint density at radius 2 is 2.18 bits per heavy atom. The molecule has 5 rings (SSSR count). The summed E-state index contributed by atoms with van der Waals surface area (Å²) in [5.41, 5.74) is 4.21. The average molecular weight is 466 g/mol. The highest BCUT2D eigenvalue weighted by molar-refractivity contribution is 5.82. The molecule has 2 N–H and O–H groups in total. The van der Waals surface area contributed by atoms with E-state index in [4.69, 9.17) is 14.2 Å². The Bertz CT molecular complexity index is 1100. The summed E-state index contributed by atoms with van der Waals surface area (Å²) in [4.78, 5) is 12.6. The van der Waals surface area contributed by atoms with Gasteiger partial charge >= 0.3 is 0 Å². The minimum atomic E-state index is -0.878. The van der Waals surface area contributed by atoms with Crippen molar-refractivity contribution in [1.82, 2.24) is 10.6 Å². The molecule has 3 aliphatic rings. The lowest BCUT2D eigenvalue weighted by molar-refractivity contribution is -0.132. The molecular formula is C26H28FN3O4. The summed E-state index contributed by atoms with van der Waals surface area (Å²) >= 11 is 0. The highest BCUT2D eigenvalue weighted by Crippen LogP contribution is 2.41. The second kappa shape index (κ2) is 10.1. The number of rotatable bonds is 5. The second-order valence-electron chi connectivity index (χ2n) is 9.02. The van der Waals surface area contributed by atoms with Crippen LogP contribution in [0.4, 0.5) is 4.39 Å². The first kappa shape index (κ1) is 22.8. The van der Waals surface area contributed by atoms with Crippen LogP contribution in [0.1, 0.15) is 35.4 Å². The molecule has 2 saturated heterocycles. The van der Waals surface area contributed by atoms with E-state index in [1.807, 2.05) is 6.07 Å². The first-order valence-electron chi connectivity index (χ1n) is 11.8. The molecule has 178 valence electrons. The molecule has 0 spiro atoms. The zero-order valence-electron chi connectivity index (χ0n) is 18.9. The van der Waals surface area contributed by atoms with Gasteiger partial charge in [-0.05, 0) is 53.8 Å². The number of hydrogen-bond acceptors (Lipinski definition) is 6. The molecule has 0 radical (unpaired) electrons. The van der Waals surface area contributed by atoms with Gasteiger partial charge in [0.1, 0.15) is 30.3 Å². The number of nitriles is 1. The van der Waals surface area contributed by atoms with E-state index in [9.17, 15) is 10.1 Å². The molecule has 0 aliphatic carbocycles. The molecular weight excluding hydrogens is 437 g/mol. The van der Waals surface area contributed by atoms with E-state index in [0.717, 1.165) is 37.1 Å². The standard InChI is InChI=1S/C26H28FN3O4/c27-23-11-22-21-9-16(17-4-7-32-14-17)2-3-18(21)15-34-24(22)10-19(23)8-20(12-28)30-26(31)25-13-29-5-1-6-33-25/h2-3,9-11,17,20,25,29H,1,4-8,13-15H2,(H,30,31)/t17?,20-,25-/m0/s1. The molecule has 7 nitrogen and oxygen atoms in total. The predicted octanol–water partition coefficient (Wildman–Crippen LogP) is 2.82. The fraction of sp³-hybridized carbons (Fsp3) is 0.462. The SMILES string of the molecule is N#C[C@H](Cc1cc2c(cc1F)-c1cc(C3CCOC3)ccc1CO2)NC(=O)[C@@H]1CNCCCO1. The summed E-state index contributed by atoms with van der Waals surface area (Å²) in [7, 11) is 0. The van der Waals surface area contributed by atoms with Crippen LogP contribution in [0.25, 0.3) is 11.1 Å². The van der Waals surface area contributed by atoms with Crippen LogP contribution in [0.2, 0.25) is 0 Å². The first-order chi connectivity index (χ1) is 16.6. The normalized spacial score (nSPS) is 22.5. The Hall–Kier alpha value is -2.99. The van der Waals surface area contributed by atoms with Gasteiger partial charge in [-0.1, -0.05) is 18.2 Å². The third kappa shape index (κ3) is 4.78. The molecule has 1 unspecified atom stereocenters. The van der Waals surface area contributed by atoms with Crippen LogP contribution in [0.5, 0.6) is 5.75 Å². The minimum Gasteiger partial charge on any atom is -0.488 e. The van der Waals surface area contributed by atoms with E-state index >= 15 is 4.39 Å². The lowest BCUT2D eigenvalue weighted by atomic mass is 9.89. The maximum Gasteiger partial charge on any atom is 0.251 e. The zero-order chi connectivity index (χ0) is 23.5. The monoisotopic (exact) mass is 465 g/mol. The van der Waals surface area contributed by atoms with Crippen LogP contribution in [0.3, 0.4) is 0 Å². The van der Waals surface area contributed by atoms with Crippen LogP contribution in [0, 0.1) is 17.1 Å². The maximum atomic E-state index is 15.2. The Kier molecular flexibility index (Phi) is 6.77. The molecule has 2 aromatic carbocycles. The summed E-state index contributed by atoms with van der Waals surface area (Å²) in [5, 5.41) is 15.4. The average Bonchev–Trinajstić information content (AvgIpc) is 3.25. The van der Waals surface area contributed by atoms with Gasteiger partial charge in [0.05, 0.1) is 12.7 Å². The van der Waals surface area contributed by atoms with E-state index < -0.39 is 18.0 Å². The van der Waals surface area contributed by atoms with Gasteiger partial charge in [-0.2, -0.15) is 5.26 Å². The second-order valence-corrected chi connectivity index (χ2v) is 9.02. The van der Waals surface area contributed by atoms with Crippen molar-refractivity contribution in [2.45, 2.75) is 43.9 Å². The van der Waals surface area contributed by atoms with E-state index in [1.165, 1.54) is 11.6 Å². The van der Waals surface area contributed by atoms with E-state index in [1.54, 1.807) is 6.07 Å². The Labute approximate surface area is 198 Å². The summed E-state index contributed by atoms with van der Waals surface area (Å²) in [6.07, 6.45) is 1.19. The number of carbonyl (C=O) groups is 1. The summed E-state index contributed by atoms with van der Waals surface area (Å²) in [6.45, 7) is 3.53. The number of fused-ring (bicyclic) bond motifs is 3. The Morgan fingerprint density at radius 1 is 1.26 bits per heavy atom. The lowest BCUT2D eigenvalue weighted by Crippen LogP contribution is -2.46. The molecule has 0 saturated carbocycles. The molecule has 0 bridgehead atoms. The molecule has 3 heterocycles. The number of hydrogen-bond donors (Lipinski definition) is 2. The Balaban J connectivity index is 1.34. The number of nitrogens with one attached hydrogen (secondary N) is 2. The van der Waals surface area contributed by atoms with Crippen molar-refractivity contribution in [1.29, 1.82) is 5.26 Å². The number of ether oxygens (including phenoxy) is 3. The number of halogens is 1. The lowest BCUT2D eigenvalue weighted by Gasteiger charge is -2.24. The smallest absolute Gasteiger partial charge is 0.251 e. The van der Waals surface area contributed by atoms with Crippen molar-refractivity contribution < 1.29 is 23.4 Å². The van der Waals surface area contributed by atoms with Gasteiger partial charge in [-0.15, -0.1) is 0 Å². The van der Waals surface area contributed by atoms with Gasteiger partial charge in [-0.3, -0.25) is 4.79 Å². The van der Waals surface area contributed by atoms with Crippen LogP contribution < -0.4 is 15.4 Å². The third-order valence-electron chi connectivity index (χ3n) is 6.69. The van der Waals surface area contributed by atoms with Crippen molar-refractivity contribution in [2.75, 3.05) is 32.9 Å². The summed E-state index contributed by atoms with van der Waals surface area (Å²) in [6, 6.07) is 10.6. The van der Waals surface area contributed by atoms with Crippen LogP contribution >= 0.6 is 0 Å². The molecule has 3 aliphatic heterocycles. The molecule has 1 amide bonds. The molecule has 3 atom stereocenters. The van der Waals surface area contributed by atoms with Crippen LogP contribution in [0.15, 0.2) is 30.3 Å². The quantitative estimate of drug-likeness (QED) is 0.706. The van der Waals surface area contributed by atoms with Gasteiger partial charge in [0.2, 0.25) is 0 Å². The van der Waals surface area contributed by atoms with E-state index in [-0.39, 0.29) is 12.3 Å². The van der Waals surface area contributed by atoms with Crippen molar-refractivity contribution in [3.8, 4) is 22.9 Å².